The van der Waals surface area contributed by atoms with Crippen LogP contribution in [0.5, 0.6) is 5.75 Å². The van der Waals surface area contributed by atoms with E-state index in [1.807, 2.05) is 0 Å². The Morgan fingerprint density at radius 1 is 1.28 bits per heavy atom. The summed E-state index contributed by atoms with van der Waals surface area (Å²) in [5.41, 5.74) is 0.259. The highest BCUT2D eigenvalue weighted by Crippen LogP contribution is 2.23. The number of ketones is 1. The maximum Gasteiger partial charge on any atom is 0.234 e. The predicted molar refractivity (Wildman–Crippen MR) is 68.5 cm³/mol. The molecule has 2 aromatic rings. The van der Waals surface area contributed by atoms with Crippen molar-refractivity contribution in [2.24, 2.45) is 0 Å². The minimum absolute atomic E-state index is 0.0954. The highest BCUT2D eigenvalue weighted by atomic mass is 35.5. The molecule has 0 N–H and O–H groups in total. The topological polar surface area (TPSA) is 52.1 Å². The van der Waals surface area contributed by atoms with Crippen molar-refractivity contribution in [1.82, 2.24) is 9.97 Å². The molecular weight excluding hydrogens is 275 g/mol. The Kier molecular flexibility index (Phi) is 3.79. The van der Waals surface area contributed by atoms with Crippen molar-refractivity contribution in [3.05, 3.63) is 52.0 Å². The van der Waals surface area contributed by atoms with Gasteiger partial charge in [0, 0.05) is 12.4 Å². The van der Waals surface area contributed by atoms with Crippen molar-refractivity contribution < 1.29 is 9.53 Å². The van der Waals surface area contributed by atoms with Crippen LogP contribution >= 0.6 is 23.2 Å². The van der Waals surface area contributed by atoms with Crippen LogP contribution in [-0.2, 0) is 0 Å². The number of ether oxygens (including phenoxy) is 1. The number of nitrogens with zero attached hydrogens (tertiary/aromatic N) is 2. The summed E-state index contributed by atoms with van der Waals surface area (Å²) >= 11 is 11.7. The summed E-state index contributed by atoms with van der Waals surface area (Å²) in [4.78, 5) is 20.1. The van der Waals surface area contributed by atoms with Crippen molar-refractivity contribution in [1.29, 1.82) is 0 Å². The first-order valence-corrected chi connectivity index (χ1v) is 5.74. The molecule has 0 bridgehead atoms. The number of hydrogen-bond acceptors (Lipinski definition) is 4. The van der Waals surface area contributed by atoms with Crippen molar-refractivity contribution >= 4 is 29.0 Å². The van der Waals surface area contributed by atoms with E-state index in [9.17, 15) is 4.79 Å². The fraction of sp³-hybridized carbons (Fsp3) is 0.0833. The third kappa shape index (κ3) is 2.44. The molecule has 0 amide bonds. The second-order valence-corrected chi connectivity index (χ2v) is 4.21. The molecule has 18 heavy (non-hydrogen) atoms. The number of methoxy groups -OCH3 is 1. The molecule has 92 valence electrons. The van der Waals surface area contributed by atoms with Crippen molar-refractivity contribution in [3.8, 4) is 5.75 Å². The van der Waals surface area contributed by atoms with Crippen LogP contribution < -0.4 is 4.74 Å². The van der Waals surface area contributed by atoms with Gasteiger partial charge in [0.15, 0.2) is 5.69 Å². The van der Waals surface area contributed by atoms with Crippen molar-refractivity contribution in [2.75, 3.05) is 7.11 Å². The lowest BCUT2D eigenvalue weighted by Crippen LogP contribution is -2.09. The second kappa shape index (κ2) is 5.33. The molecule has 0 saturated carbocycles. The summed E-state index contributed by atoms with van der Waals surface area (Å²) in [6, 6.07) is 4.77. The zero-order valence-corrected chi connectivity index (χ0v) is 10.9. The predicted octanol–water partition coefficient (Wildman–Crippen LogP) is 3.02. The van der Waals surface area contributed by atoms with Gasteiger partial charge < -0.3 is 4.74 Å². The monoisotopic (exact) mass is 282 g/mol. The van der Waals surface area contributed by atoms with Gasteiger partial charge in [-0.3, -0.25) is 4.79 Å². The van der Waals surface area contributed by atoms with Crippen LogP contribution in [0.25, 0.3) is 0 Å². The Morgan fingerprint density at radius 3 is 2.72 bits per heavy atom. The van der Waals surface area contributed by atoms with Gasteiger partial charge in [0.1, 0.15) is 11.4 Å². The molecule has 0 aliphatic carbocycles. The molecule has 2 aromatic heterocycles. The molecule has 0 radical (unpaired) electrons. The van der Waals surface area contributed by atoms with E-state index in [0.29, 0.717) is 10.8 Å². The Hall–Kier alpha value is -1.65. The lowest BCUT2D eigenvalue weighted by atomic mass is 10.1. The molecule has 0 unspecified atom stereocenters. The Morgan fingerprint density at radius 2 is 2.06 bits per heavy atom. The number of halogens is 2. The summed E-state index contributed by atoms with van der Waals surface area (Å²) < 4.78 is 5.07. The van der Waals surface area contributed by atoms with Crippen LogP contribution in [0.4, 0.5) is 0 Å². The van der Waals surface area contributed by atoms with E-state index in [4.69, 9.17) is 27.9 Å². The number of carbonyl (C=O) groups excluding carboxylic acids is 1. The number of rotatable bonds is 3. The van der Waals surface area contributed by atoms with Gasteiger partial charge in [0.2, 0.25) is 5.78 Å². The fourth-order valence-electron chi connectivity index (χ4n) is 1.42. The first-order valence-electron chi connectivity index (χ1n) is 4.98. The maximum absolute atomic E-state index is 12.2. The molecule has 0 saturated heterocycles. The smallest absolute Gasteiger partial charge is 0.234 e. The molecule has 0 fully saturated rings. The number of pyridine rings is 2. The highest BCUT2D eigenvalue weighted by molar-refractivity contribution is 6.37. The SMILES string of the molecule is COc1cccnc1C(=O)c1ncc(Cl)cc1Cl. The molecule has 0 aromatic carbocycles. The van der Waals surface area contributed by atoms with Gasteiger partial charge in [-0.05, 0) is 18.2 Å². The van der Waals surface area contributed by atoms with Crippen LogP contribution in [0.2, 0.25) is 10.0 Å². The largest absolute Gasteiger partial charge is 0.494 e. The van der Waals surface area contributed by atoms with E-state index in [1.54, 1.807) is 12.1 Å². The summed E-state index contributed by atoms with van der Waals surface area (Å²) in [6.45, 7) is 0. The van der Waals surface area contributed by atoms with Gasteiger partial charge in [-0.25, -0.2) is 9.97 Å². The molecule has 6 heteroatoms. The van der Waals surface area contributed by atoms with Crippen LogP contribution in [0.3, 0.4) is 0 Å². The second-order valence-electron chi connectivity index (χ2n) is 3.37. The zero-order valence-electron chi connectivity index (χ0n) is 9.35. The minimum atomic E-state index is -0.408. The lowest BCUT2D eigenvalue weighted by Gasteiger charge is -2.06. The van der Waals surface area contributed by atoms with Crippen molar-refractivity contribution in [3.63, 3.8) is 0 Å². The van der Waals surface area contributed by atoms with Crippen LogP contribution in [0.15, 0.2) is 30.6 Å². The van der Waals surface area contributed by atoms with E-state index in [2.05, 4.69) is 9.97 Å². The number of hydrogen-bond donors (Lipinski definition) is 0. The normalized spacial score (nSPS) is 10.2. The first-order chi connectivity index (χ1) is 8.63. The Bertz CT molecular complexity index is 602. The van der Waals surface area contributed by atoms with E-state index >= 15 is 0 Å². The van der Waals surface area contributed by atoms with Gasteiger partial charge in [0.05, 0.1) is 17.2 Å². The van der Waals surface area contributed by atoms with Crippen LogP contribution in [0, 0.1) is 0 Å². The number of carbonyl (C=O) groups is 1. The third-order valence-corrected chi connectivity index (χ3v) is 2.72. The zero-order chi connectivity index (χ0) is 13.1. The van der Waals surface area contributed by atoms with E-state index < -0.39 is 5.78 Å². The number of aromatic nitrogens is 2. The molecular formula is C12H8Cl2N2O2. The molecule has 4 nitrogen and oxygen atoms in total. The van der Waals surface area contributed by atoms with Gasteiger partial charge in [-0.2, -0.15) is 0 Å². The third-order valence-electron chi connectivity index (χ3n) is 2.23. The van der Waals surface area contributed by atoms with Gasteiger partial charge in [-0.15, -0.1) is 0 Å². The molecule has 2 rings (SSSR count). The standard InChI is InChI=1S/C12H8Cl2N2O2/c1-18-9-3-2-4-15-11(9)12(17)10-8(14)5-7(13)6-16-10/h2-6H,1H3. The molecule has 0 aliphatic heterocycles. The van der Waals surface area contributed by atoms with Gasteiger partial charge in [0.25, 0.3) is 0 Å². The first kappa shape index (κ1) is 12.8. The summed E-state index contributed by atoms with van der Waals surface area (Å²) in [6.07, 6.45) is 2.86. The fourth-order valence-corrected chi connectivity index (χ4v) is 1.89. The van der Waals surface area contributed by atoms with Gasteiger partial charge >= 0.3 is 0 Å². The van der Waals surface area contributed by atoms with Crippen LogP contribution in [0.1, 0.15) is 16.2 Å². The van der Waals surface area contributed by atoms with E-state index in [1.165, 1.54) is 25.6 Å². The molecule has 0 aliphatic rings. The van der Waals surface area contributed by atoms with Crippen LogP contribution in [-0.4, -0.2) is 22.9 Å². The summed E-state index contributed by atoms with van der Waals surface area (Å²) in [5, 5.41) is 0.546. The average molecular weight is 283 g/mol. The maximum atomic E-state index is 12.2. The highest BCUT2D eigenvalue weighted by Gasteiger charge is 2.19. The van der Waals surface area contributed by atoms with Gasteiger partial charge in [-0.1, -0.05) is 23.2 Å². The summed E-state index contributed by atoms with van der Waals surface area (Å²) in [5.74, 6) is -0.0376. The Labute approximate surface area is 114 Å². The summed E-state index contributed by atoms with van der Waals surface area (Å²) in [7, 11) is 1.46. The minimum Gasteiger partial charge on any atom is -0.494 e. The Balaban J connectivity index is 2.48. The van der Waals surface area contributed by atoms with E-state index in [-0.39, 0.29) is 16.4 Å². The van der Waals surface area contributed by atoms with E-state index in [0.717, 1.165) is 0 Å². The van der Waals surface area contributed by atoms with Crippen molar-refractivity contribution in [2.45, 2.75) is 0 Å². The quantitative estimate of drug-likeness (QED) is 0.812. The lowest BCUT2D eigenvalue weighted by molar-refractivity contribution is 0.102. The average Bonchev–Trinajstić information content (AvgIpc) is 2.38. The molecule has 2 heterocycles. The molecule has 0 spiro atoms. The molecule has 0 atom stereocenters.